The zero-order valence-corrected chi connectivity index (χ0v) is 18.4. The van der Waals surface area contributed by atoms with Gasteiger partial charge in [-0.15, -0.1) is 0 Å². The van der Waals surface area contributed by atoms with E-state index in [1.165, 1.54) is 28.6 Å². The molecule has 5 rings (SSSR count). The van der Waals surface area contributed by atoms with E-state index in [0.29, 0.717) is 49.0 Å². The van der Waals surface area contributed by atoms with Crippen LogP contribution in [-0.2, 0) is 14.8 Å². The molecule has 9 heteroatoms. The average Bonchev–Trinajstić information content (AvgIpc) is 3.29. The number of carbonyl (C=O) groups excluding carboxylic acids is 1. The number of fused-ring (bicyclic) bond motifs is 1. The Labute approximate surface area is 190 Å². The largest absolute Gasteiger partial charge is 0.436 e. The van der Waals surface area contributed by atoms with Crippen LogP contribution in [0.4, 0.5) is 5.69 Å². The minimum absolute atomic E-state index is 0.156. The summed E-state index contributed by atoms with van der Waals surface area (Å²) < 4.78 is 37.8. The summed E-state index contributed by atoms with van der Waals surface area (Å²) in [5, 5.41) is 2.82. The molecule has 3 aromatic carbocycles. The average molecular weight is 464 g/mol. The number of morpholine rings is 1. The van der Waals surface area contributed by atoms with Gasteiger partial charge in [-0.1, -0.05) is 12.1 Å². The predicted octanol–water partition coefficient (Wildman–Crippen LogP) is 3.77. The maximum atomic E-state index is 12.7. The molecule has 0 radical (unpaired) electrons. The maximum absolute atomic E-state index is 12.7. The Morgan fingerprint density at radius 1 is 0.909 bits per heavy atom. The molecule has 168 valence electrons. The number of anilines is 1. The summed E-state index contributed by atoms with van der Waals surface area (Å²) in [7, 11) is -3.60. The van der Waals surface area contributed by atoms with E-state index < -0.39 is 10.0 Å². The molecule has 0 aliphatic carbocycles. The van der Waals surface area contributed by atoms with Gasteiger partial charge in [0.1, 0.15) is 5.52 Å². The molecule has 1 aliphatic rings. The number of oxazole rings is 1. The van der Waals surface area contributed by atoms with Crippen LogP contribution in [0.5, 0.6) is 0 Å². The molecule has 1 fully saturated rings. The van der Waals surface area contributed by atoms with Crippen molar-refractivity contribution in [3.05, 3.63) is 78.4 Å². The molecule has 1 saturated heterocycles. The number of para-hydroxylation sites is 2. The van der Waals surface area contributed by atoms with Crippen LogP contribution in [0.3, 0.4) is 0 Å². The lowest BCUT2D eigenvalue weighted by atomic mass is 10.2. The lowest BCUT2D eigenvalue weighted by Gasteiger charge is -2.26. The number of sulfonamides is 1. The van der Waals surface area contributed by atoms with Gasteiger partial charge in [-0.2, -0.15) is 4.31 Å². The molecule has 2 heterocycles. The lowest BCUT2D eigenvalue weighted by Crippen LogP contribution is -2.40. The summed E-state index contributed by atoms with van der Waals surface area (Å²) in [5.74, 6) is 0.172. The van der Waals surface area contributed by atoms with E-state index in [2.05, 4.69) is 10.3 Å². The molecular formula is C24H21N3O5S. The summed E-state index contributed by atoms with van der Waals surface area (Å²) in [4.78, 5) is 17.3. The Morgan fingerprint density at radius 3 is 2.30 bits per heavy atom. The Kier molecular flexibility index (Phi) is 5.67. The van der Waals surface area contributed by atoms with E-state index in [9.17, 15) is 13.2 Å². The van der Waals surface area contributed by atoms with Crippen molar-refractivity contribution in [2.45, 2.75) is 4.90 Å². The van der Waals surface area contributed by atoms with Crippen LogP contribution in [0, 0.1) is 0 Å². The number of hydrogen-bond acceptors (Lipinski definition) is 6. The van der Waals surface area contributed by atoms with Crippen molar-refractivity contribution < 1.29 is 22.4 Å². The Bertz CT molecular complexity index is 1360. The first kappa shape index (κ1) is 21.3. The van der Waals surface area contributed by atoms with Gasteiger partial charge in [0.15, 0.2) is 5.58 Å². The van der Waals surface area contributed by atoms with Crippen molar-refractivity contribution in [3.63, 3.8) is 0 Å². The SMILES string of the molecule is O=C(Nc1ccc(-c2nc3ccccc3o2)cc1)c1ccc(S(=O)(=O)N2CCOCC2)cc1. The molecule has 0 saturated carbocycles. The molecule has 0 bridgehead atoms. The van der Waals surface area contributed by atoms with Crippen LogP contribution in [-0.4, -0.2) is 49.9 Å². The molecule has 1 amide bonds. The third kappa shape index (κ3) is 4.38. The van der Waals surface area contributed by atoms with Crippen molar-refractivity contribution in [1.29, 1.82) is 0 Å². The van der Waals surface area contributed by atoms with Gasteiger partial charge in [-0.3, -0.25) is 4.79 Å². The van der Waals surface area contributed by atoms with E-state index in [4.69, 9.17) is 9.15 Å². The number of nitrogens with one attached hydrogen (secondary N) is 1. The standard InChI is InChI=1S/C24H21N3O5S/c28-23(17-7-11-20(12-8-17)33(29,30)27-13-15-31-16-14-27)25-19-9-5-18(6-10-19)24-26-21-3-1-2-4-22(21)32-24/h1-12H,13-16H2,(H,25,28). The second-order valence-corrected chi connectivity index (χ2v) is 9.50. The number of hydrogen-bond donors (Lipinski definition) is 1. The van der Waals surface area contributed by atoms with Crippen molar-refractivity contribution in [1.82, 2.24) is 9.29 Å². The van der Waals surface area contributed by atoms with Crippen LogP contribution in [0.15, 0.2) is 82.1 Å². The van der Waals surface area contributed by atoms with Crippen molar-refractivity contribution in [2.75, 3.05) is 31.6 Å². The highest BCUT2D eigenvalue weighted by Crippen LogP contribution is 2.25. The summed E-state index contributed by atoms with van der Waals surface area (Å²) in [6.07, 6.45) is 0. The Hall–Kier alpha value is -3.53. The molecule has 1 N–H and O–H groups in total. The molecule has 4 aromatic rings. The minimum atomic E-state index is -3.60. The number of ether oxygens (including phenoxy) is 1. The number of carbonyl (C=O) groups is 1. The van der Waals surface area contributed by atoms with Crippen LogP contribution in [0.2, 0.25) is 0 Å². The number of benzene rings is 3. The summed E-state index contributed by atoms with van der Waals surface area (Å²) in [6.45, 7) is 1.41. The van der Waals surface area contributed by atoms with Gasteiger partial charge in [0, 0.05) is 29.9 Å². The van der Waals surface area contributed by atoms with Crippen LogP contribution >= 0.6 is 0 Å². The normalized spacial score (nSPS) is 14.9. The minimum Gasteiger partial charge on any atom is -0.436 e. The first-order valence-electron chi connectivity index (χ1n) is 10.5. The quantitative estimate of drug-likeness (QED) is 0.484. The lowest BCUT2D eigenvalue weighted by molar-refractivity contribution is 0.0730. The van der Waals surface area contributed by atoms with Crippen LogP contribution < -0.4 is 5.32 Å². The van der Waals surface area contributed by atoms with Gasteiger partial charge in [0.05, 0.1) is 18.1 Å². The number of amides is 1. The number of aromatic nitrogens is 1. The zero-order valence-electron chi connectivity index (χ0n) is 17.6. The van der Waals surface area contributed by atoms with E-state index in [1.54, 1.807) is 12.1 Å². The third-order valence-electron chi connectivity index (χ3n) is 5.41. The molecule has 0 unspecified atom stereocenters. The zero-order chi connectivity index (χ0) is 22.8. The van der Waals surface area contributed by atoms with E-state index in [0.717, 1.165) is 11.1 Å². The highest BCUT2D eigenvalue weighted by molar-refractivity contribution is 7.89. The monoisotopic (exact) mass is 463 g/mol. The number of nitrogens with zero attached hydrogens (tertiary/aromatic N) is 2. The fourth-order valence-corrected chi connectivity index (χ4v) is 5.02. The molecule has 1 aliphatic heterocycles. The summed E-state index contributed by atoms with van der Waals surface area (Å²) in [6, 6.07) is 20.6. The topological polar surface area (TPSA) is 102 Å². The smallest absolute Gasteiger partial charge is 0.255 e. The molecule has 8 nitrogen and oxygen atoms in total. The van der Waals surface area contributed by atoms with Crippen molar-refractivity contribution in [2.24, 2.45) is 0 Å². The van der Waals surface area contributed by atoms with E-state index >= 15 is 0 Å². The molecule has 0 atom stereocenters. The van der Waals surface area contributed by atoms with Gasteiger partial charge < -0.3 is 14.5 Å². The van der Waals surface area contributed by atoms with Gasteiger partial charge in [-0.25, -0.2) is 13.4 Å². The van der Waals surface area contributed by atoms with E-state index in [1.807, 2.05) is 36.4 Å². The van der Waals surface area contributed by atoms with Gasteiger partial charge in [0.25, 0.3) is 5.91 Å². The van der Waals surface area contributed by atoms with Crippen LogP contribution in [0.25, 0.3) is 22.6 Å². The first-order chi connectivity index (χ1) is 16.0. The highest BCUT2D eigenvalue weighted by atomic mass is 32.2. The molecule has 0 spiro atoms. The highest BCUT2D eigenvalue weighted by Gasteiger charge is 2.26. The van der Waals surface area contributed by atoms with Crippen LogP contribution in [0.1, 0.15) is 10.4 Å². The second kappa shape index (κ2) is 8.78. The summed E-state index contributed by atoms with van der Waals surface area (Å²) >= 11 is 0. The van der Waals surface area contributed by atoms with Gasteiger partial charge >= 0.3 is 0 Å². The Morgan fingerprint density at radius 2 is 1.61 bits per heavy atom. The maximum Gasteiger partial charge on any atom is 0.255 e. The first-order valence-corrected chi connectivity index (χ1v) is 11.9. The number of rotatable bonds is 5. The van der Waals surface area contributed by atoms with Gasteiger partial charge in [0.2, 0.25) is 15.9 Å². The molecule has 33 heavy (non-hydrogen) atoms. The second-order valence-electron chi connectivity index (χ2n) is 7.56. The fraction of sp³-hybridized carbons (Fsp3) is 0.167. The third-order valence-corrected chi connectivity index (χ3v) is 7.32. The van der Waals surface area contributed by atoms with E-state index in [-0.39, 0.29) is 10.8 Å². The fourth-order valence-electron chi connectivity index (χ4n) is 3.61. The Balaban J connectivity index is 1.27. The molecular weight excluding hydrogens is 442 g/mol. The predicted molar refractivity (Wildman–Crippen MR) is 123 cm³/mol. The molecule has 1 aromatic heterocycles. The van der Waals surface area contributed by atoms with Gasteiger partial charge in [-0.05, 0) is 60.7 Å². The van der Waals surface area contributed by atoms with Crippen molar-refractivity contribution >= 4 is 32.7 Å². The van der Waals surface area contributed by atoms with Crippen molar-refractivity contribution in [3.8, 4) is 11.5 Å². The summed E-state index contributed by atoms with van der Waals surface area (Å²) in [5.41, 5.74) is 3.25.